The number of carbonyl (C=O) groups is 1. The maximum absolute atomic E-state index is 12.1. The Hall–Kier alpha value is -3.07. The highest BCUT2D eigenvalue weighted by atomic mass is 16.5. The van der Waals surface area contributed by atoms with Crippen molar-refractivity contribution in [3.05, 3.63) is 84.4 Å². The Labute approximate surface area is 141 Å². The van der Waals surface area contributed by atoms with Crippen LogP contribution in [0.1, 0.15) is 17.3 Å². The van der Waals surface area contributed by atoms with E-state index in [2.05, 4.69) is 0 Å². The number of rotatable bonds is 5. The van der Waals surface area contributed by atoms with E-state index in [1.165, 1.54) is 0 Å². The van der Waals surface area contributed by atoms with Gasteiger partial charge >= 0.3 is 5.97 Å². The Morgan fingerprint density at radius 1 is 0.792 bits per heavy atom. The van der Waals surface area contributed by atoms with Crippen LogP contribution in [0, 0.1) is 0 Å². The van der Waals surface area contributed by atoms with Gasteiger partial charge in [-0.2, -0.15) is 0 Å². The minimum atomic E-state index is -0.384. The summed E-state index contributed by atoms with van der Waals surface area (Å²) in [6, 6.07) is 24.9. The fourth-order valence-electron chi connectivity index (χ4n) is 2.46. The van der Waals surface area contributed by atoms with Gasteiger partial charge in [0.25, 0.3) is 0 Å². The molecule has 0 atom stereocenters. The number of ether oxygens (including phenoxy) is 2. The van der Waals surface area contributed by atoms with Gasteiger partial charge in [-0.25, -0.2) is 4.79 Å². The summed E-state index contributed by atoms with van der Waals surface area (Å²) in [6.45, 7) is 2.11. The summed E-state index contributed by atoms with van der Waals surface area (Å²) < 4.78 is 11.2. The van der Waals surface area contributed by atoms with Crippen LogP contribution in [0.25, 0.3) is 11.1 Å². The van der Waals surface area contributed by atoms with Crippen LogP contribution < -0.4 is 4.74 Å². The summed E-state index contributed by atoms with van der Waals surface area (Å²) >= 11 is 0. The lowest BCUT2D eigenvalue weighted by Crippen LogP contribution is -2.06. The van der Waals surface area contributed by atoms with Gasteiger partial charge < -0.3 is 9.47 Å². The molecule has 24 heavy (non-hydrogen) atoms. The number of para-hydroxylation sites is 2. The predicted octanol–water partition coefficient (Wildman–Crippen LogP) is 5.32. The van der Waals surface area contributed by atoms with Crippen LogP contribution >= 0.6 is 0 Å². The lowest BCUT2D eigenvalue weighted by Gasteiger charge is -2.14. The van der Waals surface area contributed by atoms with E-state index in [4.69, 9.17) is 9.47 Å². The van der Waals surface area contributed by atoms with Crippen LogP contribution in [0.2, 0.25) is 0 Å². The molecule has 0 heterocycles. The van der Waals surface area contributed by atoms with Crippen molar-refractivity contribution >= 4 is 5.97 Å². The molecule has 0 bridgehead atoms. The Morgan fingerprint density at radius 3 is 2.17 bits per heavy atom. The Bertz CT molecular complexity index is 825. The van der Waals surface area contributed by atoms with Gasteiger partial charge in [0, 0.05) is 5.56 Å². The van der Waals surface area contributed by atoms with Crippen molar-refractivity contribution in [2.24, 2.45) is 0 Å². The van der Waals surface area contributed by atoms with E-state index < -0.39 is 0 Å². The SMILES string of the molecule is CCOC(=O)c1ccccc1Oc1ccccc1-c1ccccc1. The average Bonchev–Trinajstić information content (AvgIpc) is 2.63. The molecule has 0 radical (unpaired) electrons. The van der Waals surface area contributed by atoms with Gasteiger partial charge in [-0.15, -0.1) is 0 Å². The van der Waals surface area contributed by atoms with Crippen molar-refractivity contribution in [1.82, 2.24) is 0 Å². The summed E-state index contributed by atoms with van der Waals surface area (Å²) in [5.41, 5.74) is 2.45. The van der Waals surface area contributed by atoms with E-state index in [9.17, 15) is 4.79 Å². The number of benzene rings is 3. The second-order valence-electron chi connectivity index (χ2n) is 5.18. The average molecular weight is 318 g/mol. The van der Waals surface area contributed by atoms with E-state index in [1.807, 2.05) is 60.7 Å². The first-order chi connectivity index (χ1) is 11.8. The Kier molecular flexibility index (Phi) is 4.92. The van der Waals surface area contributed by atoms with E-state index in [0.717, 1.165) is 11.1 Å². The highest BCUT2D eigenvalue weighted by molar-refractivity contribution is 5.92. The van der Waals surface area contributed by atoms with Gasteiger partial charge in [0.15, 0.2) is 0 Å². The quantitative estimate of drug-likeness (QED) is 0.597. The molecule has 3 rings (SSSR count). The molecular formula is C21H18O3. The zero-order valence-electron chi connectivity index (χ0n) is 13.4. The molecule has 120 valence electrons. The van der Waals surface area contributed by atoms with Crippen molar-refractivity contribution in [3.8, 4) is 22.6 Å². The normalized spacial score (nSPS) is 10.2. The highest BCUT2D eigenvalue weighted by Gasteiger charge is 2.15. The molecule has 0 amide bonds. The van der Waals surface area contributed by atoms with Gasteiger partial charge in [-0.3, -0.25) is 0 Å². The summed E-state index contributed by atoms with van der Waals surface area (Å²) in [7, 11) is 0. The maximum atomic E-state index is 12.1. The fraction of sp³-hybridized carbons (Fsp3) is 0.0952. The van der Waals surface area contributed by atoms with E-state index >= 15 is 0 Å². The molecule has 3 aromatic carbocycles. The first-order valence-corrected chi connectivity index (χ1v) is 7.88. The number of esters is 1. The number of hydrogen-bond acceptors (Lipinski definition) is 3. The minimum Gasteiger partial charge on any atom is -0.462 e. The Morgan fingerprint density at radius 2 is 1.42 bits per heavy atom. The van der Waals surface area contributed by atoms with Crippen molar-refractivity contribution in [2.45, 2.75) is 6.92 Å². The van der Waals surface area contributed by atoms with Crippen molar-refractivity contribution < 1.29 is 14.3 Å². The molecular weight excluding hydrogens is 300 g/mol. The smallest absolute Gasteiger partial charge is 0.341 e. The van der Waals surface area contributed by atoms with Crippen molar-refractivity contribution in [1.29, 1.82) is 0 Å². The fourth-order valence-corrected chi connectivity index (χ4v) is 2.46. The third kappa shape index (κ3) is 3.46. The summed E-state index contributed by atoms with van der Waals surface area (Å²) in [5, 5.41) is 0. The summed E-state index contributed by atoms with van der Waals surface area (Å²) in [6.07, 6.45) is 0. The van der Waals surface area contributed by atoms with Gasteiger partial charge in [0.05, 0.1) is 6.61 Å². The third-order valence-electron chi connectivity index (χ3n) is 3.57. The first-order valence-electron chi connectivity index (χ1n) is 7.88. The minimum absolute atomic E-state index is 0.327. The van der Waals surface area contributed by atoms with Crippen molar-refractivity contribution in [3.63, 3.8) is 0 Å². The third-order valence-corrected chi connectivity index (χ3v) is 3.57. The molecule has 0 aliphatic rings. The van der Waals surface area contributed by atoms with E-state index in [0.29, 0.717) is 23.7 Å². The van der Waals surface area contributed by atoms with Crippen LogP contribution in [0.4, 0.5) is 0 Å². The molecule has 0 saturated carbocycles. The largest absolute Gasteiger partial charge is 0.462 e. The van der Waals surface area contributed by atoms with Crippen molar-refractivity contribution in [2.75, 3.05) is 6.61 Å². The van der Waals surface area contributed by atoms with Gasteiger partial charge in [-0.1, -0.05) is 60.7 Å². The molecule has 0 aromatic heterocycles. The second-order valence-corrected chi connectivity index (χ2v) is 5.18. The van der Waals surface area contributed by atoms with Crippen LogP contribution in [-0.4, -0.2) is 12.6 Å². The van der Waals surface area contributed by atoms with Crippen LogP contribution in [0.3, 0.4) is 0 Å². The molecule has 0 aliphatic carbocycles. The van der Waals surface area contributed by atoms with Gasteiger partial charge in [0.2, 0.25) is 0 Å². The second kappa shape index (κ2) is 7.47. The van der Waals surface area contributed by atoms with Crippen LogP contribution in [0.5, 0.6) is 11.5 Å². The zero-order chi connectivity index (χ0) is 16.8. The molecule has 0 saturated heterocycles. The van der Waals surface area contributed by atoms with Gasteiger partial charge in [0.1, 0.15) is 17.1 Å². The number of carbonyl (C=O) groups excluding carboxylic acids is 1. The summed E-state index contributed by atoms with van der Waals surface area (Å²) in [4.78, 5) is 12.1. The van der Waals surface area contributed by atoms with Gasteiger partial charge in [-0.05, 0) is 30.7 Å². The maximum Gasteiger partial charge on any atom is 0.341 e. The van der Waals surface area contributed by atoms with E-state index in [1.54, 1.807) is 25.1 Å². The zero-order valence-corrected chi connectivity index (χ0v) is 13.4. The molecule has 0 spiro atoms. The number of hydrogen-bond donors (Lipinski definition) is 0. The molecule has 0 N–H and O–H groups in total. The highest BCUT2D eigenvalue weighted by Crippen LogP contribution is 2.34. The molecule has 3 nitrogen and oxygen atoms in total. The standard InChI is InChI=1S/C21H18O3/c1-2-23-21(22)18-13-7-9-15-20(18)24-19-14-8-6-12-17(19)16-10-4-3-5-11-16/h3-15H,2H2,1H3. The van der Waals surface area contributed by atoms with Crippen LogP contribution in [-0.2, 0) is 4.74 Å². The molecule has 3 aromatic rings. The predicted molar refractivity (Wildman–Crippen MR) is 94.4 cm³/mol. The summed E-state index contributed by atoms with van der Waals surface area (Å²) in [5.74, 6) is 0.796. The molecule has 0 unspecified atom stereocenters. The lowest BCUT2D eigenvalue weighted by molar-refractivity contribution is 0.0523. The first kappa shape index (κ1) is 15.8. The molecule has 3 heteroatoms. The molecule has 0 fully saturated rings. The monoisotopic (exact) mass is 318 g/mol. The lowest BCUT2D eigenvalue weighted by atomic mass is 10.0. The van der Waals surface area contributed by atoms with E-state index in [-0.39, 0.29) is 5.97 Å². The van der Waals surface area contributed by atoms with Crippen LogP contribution in [0.15, 0.2) is 78.9 Å². The Balaban J connectivity index is 1.98. The molecule has 0 aliphatic heterocycles. The topological polar surface area (TPSA) is 35.5 Å².